The second-order valence-electron chi connectivity index (χ2n) is 9.61. The zero-order valence-electron chi connectivity index (χ0n) is 19.5. The van der Waals surface area contributed by atoms with Crippen molar-refractivity contribution < 1.29 is 23.7 Å². The average Bonchev–Trinajstić information content (AvgIpc) is 3.55. The summed E-state index contributed by atoms with van der Waals surface area (Å²) < 4.78 is 23.3. The van der Waals surface area contributed by atoms with Gasteiger partial charge < -0.3 is 28.7 Å². The topological polar surface area (TPSA) is 60.5 Å². The van der Waals surface area contributed by atoms with Crippen molar-refractivity contribution in [1.82, 2.24) is 0 Å². The van der Waals surface area contributed by atoms with Crippen molar-refractivity contribution >= 4 is 17.2 Å². The van der Waals surface area contributed by atoms with Gasteiger partial charge in [-0.05, 0) is 48.5 Å². The SMILES string of the molecule is O=C(c1ccc(N2CCC3(CC2)OCCO3)cc1)c1ccc(N2CCC3(CC2)OCCO3)cc1. The summed E-state index contributed by atoms with van der Waals surface area (Å²) in [6, 6.07) is 15.9. The molecule has 4 fully saturated rings. The molecule has 2 aromatic carbocycles. The van der Waals surface area contributed by atoms with Crippen LogP contribution >= 0.6 is 0 Å². The summed E-state index contributed by atoms with van der Waals surface area (Å²) in [6.45, 7) is 6.35. The molecular formula is C27H32N2O5. The Morgan fingerprint density at radius 3 is 1.21 bits per heavy atom. The lowest BCUT2D eigenvalue weighted by Gasteiger charge is -2.38. The molecule has 6 rings (SSSR count). The van der Waals surface area contributed by atoms with Crippen LogP contribution in [0.1, 0.15) is 41.6 Å². The smallest absolute Gasteiger partial charge is 0.193 e. The quantitative estimate of drug-likeness (QED) is 0.641. The molecule has 0 radical (unpaired) electrons. The Kier molecular flexibility index (Phi) is 5.81. The lowest BCUT2D eigenvalue weighted by Crippen LogP contribution is -2.45. The van der Waals surface area contributed by atoms with Gasteiger partial charge in [0, 0.05) is 74.4 Å². The second kappa shape index (κ2) is 8.96. The zero-order chi connectivity index (χ0) is 23.0. The lowest BCUT2D eigenvalue weighted by atomic mass is 10.00. The highest BCUT2D eigenvalue weighted by Gasteiger charge is 2.40. The summed E-state index contributed by atoms with van der Waals surface area (Å²) in [5.74, 6) is -0.688. The normalized spacial score (nSPS) is 23.6. The first kappa shape index (κ1) is 22.0. The molecule has 4 heterocycles. The molecule has 0 unspecified atom stereocenters. The summed E-state index contributed by atoms with van der Waals surface area (Å²) in [5.41, 5.74) is 3.70. The number of rotatable bonds is 4. The molecule has 7 heteroatoms. The van der Waals surface area contributed by atoms with Crippen LogP contribution in [-0.4, -0.2) is 70.0 Å². The Labute approximate surface area is 200 Å². The Morgan fingerprint density at radius 1 is 0.559 bits per heavy atom. The van der Waals surface area contributed by atoms with Crippen molar-refractivity contribution in [2.75, 3.05) is 62.4 Å². The summed E-state index contributed by atoms with van der Waals surface area (Å²) in [5, 5.41) is 0. The van der Waals surface area contributed by atoms with Crippen molar-refractivity contribution in [1.29, 1.82) is 0 Å². The molecule has 0 saturated carbocycles. The van der Waals surface area contributed by atoms with E-state index in [1.54, 1.807) is 0 Å². The third-order valence-electron chi connectivity index (χ3n) is 7.67. The fourth-order valence-corrected chi connectivity index (χ4v) is 5.60. The van der Waals surface area contributed by atoms with Gasteiger partial charge in [0.15, 0.2) is 17.4 Å². The Balaban J connectivity index is 1.06. The number of ether oxygens (including phenoxy) is 4. The first-order chi connectivity index (χ1) is 16.6. The first-order valence-corrected chi connectivity index (χ1v) is 12.4. The first-order valence-electron chi connectivity index (χ1n) is 12.4. The van der Waals surface area contributed by atoms with Crippen LogP contribution in [0.2, 0.25) is 0 Å². The van der Waals surface area contributed by atoms with Crippen LogP contribution < -0.4 is 9.80 Å². The van der Waals surface area contributed by atoms with Gasteiger partial charge in [0.25, 0.3) is 0 Å². The van der Waals surface area contributed by atoms with E-state index >= 15 is 0 Å². The summed E-state index contributed by atoms with van der Waals surface area (Å²) in [7, 11) is 0. The molecule has 4 aliphatic heterocycles. The van der Waals surface area contributed by atoms with E-state index < -0.39 is 0 Å². The number of hydrogen-bond acceptors (Lipinski definition) is 7. The van der Waals surface area contributed by atoms with Gasteiger partial charge in [-0.25, -0.2) is 0 Å². The Bertz CT molecular complexity index is 909. The van der Waals surface area contributed by atoms with Crippen LogP contribution in [0.3, 0.4) is 0 Å². The number of benzene rings is 2. The molecule has 0 bridgehead atoms. The highest BCUT2D eigenvalue weighted by molar-refractivity contribution is 6.09. The van der Waals surface area contributed by atoms with Gasteiger partial charge in [-0.1, -0.05) is 0 Å². The maximum atomic E-state index is 13.1. The highest BCUT2D eigenvalue weighted by atomic mass is 16.7. The van der Waals surface area contributed by atoms with Gasteiger partial charge in [-0.15, -0.1) is 0 Å². The summed E-state index contributed by atoms with van der Waals surface area (Å²) in [6.07, 6.45) is 3.49. The van der Waals surface area contributed by atoms with Crippen molar-refractivity contribution in [3.8, 4) is 0 Å². The Hall–Kier alpha value is -2.45. The third-order valence-corrected chi connectivity index (χ3v) is 7.67. The average molecular weight is 465 g/mol. The predicted molar refractivity (Wildman–Crippen MR) is 128 cm³/mol. The molecule has 0 amide bonds. The standard InChI is InChI=1S/C27H32N2O5/c30-25(21-1-5-23(6-2-21)28-13-9-26(10-14-28)31-17-18-32-26)22-3-7-24(8-4-22)29-15-11-27(12-16-29)33-19-20-34-27/h1-8H,9-20H2. The van der Waals surface area contributed by atoms with Gasteiger partial charge in [0.1, 0.15) is 0 Å². The van der Waals surface area contributed by atoms with Crippen molar-refractivity contribution in [2.24, 2.45) is 0 Å². The van der Waals surface area contributed by atoms with Gasteiger partial charge in [-0.3, -0.25) is 4.79 Å². The number of carbonyl (C=O) groups excluding carboxylic acids is 1. The largest absolute Gasteiger partial charge is 0.371 e. The van der Waals surface area contributed by atoms with E-state index in [0.717, 1.165) is 63.2 Å². The van der Waals surface area contributed by atoms with Crippen LogP contribution in [0.15, 0.2) is 48.5 Å². The maximum absolute atomic E-state index is 13.1. The number of hydrogen-bond donors (Lipinski definition) is 0. The minimum Gasteiger partial charge on any atom is -0.371 e. The van der Waals surface area contributed by atoms with Crippen LogP contribution in [0.25, 0.3) is 0 Å². The molecule has 34 heavy (non-hydrogen) atoms. The molecule has 2 aromatic rings. The molecule has 0 aliphatic carbocycles. The number of carbonyl (C=O) groups is 1. The number of piperidine rings is 2. The predicted octanol–water partition coefficient (Wildman–Crippen LogP) is 3.60. The monoisotopic (exact) mass is 464 g/mol. The number of ketones is 1. The van der Waals surface area contributed by atoms with Crippen molar-refractivity contribution in [2.45, 2.75) is 37.3 Å². The molecule has 4 aliphatic rings. The molecule has 4 saturated heterocycles. The van der Waals surface area contributed by atoms with E-state index in [2.05, 4.69) is 9.80 Å². The van der Waals surface area contributed by atoms with E-state index in [4.69, 9.17) is 18.9 Å². The van der Waals surface area contributed by atoms with Gasteiger partial charge in [0.05, 0.1) is 26.4 Å². The molecule has 0 atom stereocenters. The van der Waals surface area contributed by atoms with Gasteiger partial charge in [-0.2, -0.15) is 0 Å². The fourth-order valence-electron chi connectivity index (χ4n) is 5.60. The second-order valence-corrected chi connectivity index (χ2v) is 9.61. The Morgan fingerprint density at radius 2 is 0.882 bits per heavy atom. The van der Waals surface area contributed by atoms with Gasteiger partial charge >= 0.3 is 0 Å². The third kappa shape index (κ3) is 4.22. The maximum Gasteiger partial charge on any atom is 0.193 e. The number of nitrogens with zero attached hydrogens (tertiary/aromatic N) is 2. The van der Waals surface area contributed by atoms with Crippen molar-refractivity contribution in [3.05, 3.63) is 59.7 Å². The van der Waals surface area contributed by atoms with E-state index in [9.17, 15) is 4.79 Å². The van der Waals surface area contributed by atoms with E-state index in [1.807, 2.05) is 48.5 Å². The molecule has 0 N–H and O–H groups in total. The van der Waals surface area contributed by atoms with Gasteiger partial charge in [0.2, 0.25) is 0 Å². The number of anilines is 2. The minimum atomic E-state index is -0.369. The van der Waals surface area contributed by atoms with E-state index in [1.165, 1.54) is 0 Å². The molecular weight excluding hydrogens is 432 g/mol. The highest BCUT2D eigenvalue weighted by Crippen LogP contribution is 2.34. The van der Waals surface area contributed by atoms with Crippen LogP contribution in [0.4, 0.5) is 11.4 Å². The van der Waals surface area contributed by atoms with Crippen LogP contribution in [-0.2, 0) is 18.9 Å². The minimum absolute atomic E-state index is 0.0498. The molecule has 180 valence electrons. The molecule has 0 aromatic heterocycles. The molecule has 7 nitrogen and oxygen atoms in total. The zero-order valence-corrected chi connectivity index (χ0v) is 19.5. The fraction of sp³-hybridized carbons (Fsp3) is 0.519. The summed E-state index contributed by atoms with van der Waals surface area (Å²) in [4.78, 5) is 17.7. The summed E-state index contributed by atoms with van der Waals surface area (Å²) >= 11 is 0. The molecule has 2 spiro atoms. The van der Waals surface area contributed by atoms with Crippen LogP contribution in [0, 0.1) is 0 Å². The van der Waals surface area contributed by atoms with Crippen molar-refractivity contribution in [3.63, 3.8) is 0 Å². The van der Waals surface area contributed by atoms with E-state index in [-0.39, 0.29) is 17.4 Å². The lowest BCUT2D eigenvalue weighted by molar-refractivity contribution is -0.169. The van der Waals surface area contributed by atoms with Crippen LogP contribution in [0.5, 0.6) is 0 Å². The van der Waals surface area contributed by atoms with E-state index in [0.29, 0.717) is 37.6 Å².